The number of rotatable bonds is 9. The van der Waals surface area contributed by atoms with Crippen LogP contribution in [-0.4, -0.2) is 107 Å². The molecule has 0 amide bonds. The predicted octanol–water partition coefficient (Wildman–Crippen LogP) is 2.53. The monoisotopic (exact) mass is 537 g/mol. The van der Waals surface area contributed by atoms with Crippen molar-refractivity contribution in [3.8, 4) is 11.5 Å². The third kappa shape index (κ3) is 6.46. The molecule has 2 fully saturated rings. The van der Waals surface area contributed by atoms with Crippen molar-refractivity contribution in [2.75, 3.05) is 77.6 Å². The molecular formula is C27H35N7O3S. The van der Waals surface area contributed by atoms with Crippen molar-refractivity contribution in [2.45, 2.75) is 19.8 Å². The number of nitrogens with zero attached hydrogens (tertiary/aromatic N) is 7. The van der Waals surface area contributed by atoms with Crippen LogP contribution in [0.15, 0.2) is 30.9 Å². The molecule has 4 heterocycles. The van der Waals surface area contributed by atoms with Gasteiger partial charge >= 0.3 is 0 Å². The number of piperazine rings is 1. The van der Waals surface area contributed by atoms with Gasteiger partial charge in [-0.1, -0.05) is 12.2 Å². The van der Waals surface area contributed by atoms with E-state index in [0.29, 0.717) is 18.1 Å². The Morgan fingerprint density at radius 3 is 2.53 bits per heavy atom. The molecule has 1 aromatic carbocycles. The highest BCUT2D eigenvalue weighted by atomic mass is 32.1. The normalized spacial score (nSPS) is 16.6. The van der Waals surface area contributed by atoms with E-state index in [0.717, 1.165) is 105 Å². The summed E-state index contributed by atoms with van der Waals surface area (Å²) in [5.41, 5.74) is 2.74. The van der Waals surface area contributed by atoms with Gasteiger partial charge in [0.25, 0.3) is 0 Å². The van der Waals surface area contributed by atoms with Crippen LogP contribution in [0.4, 0.5) is 5.82 Å². The molecule has 5 rings (SSSR count). The zero-order valence-corrected chi connectivity index (χ0v) is 23.0. The molecule has 11 heteroatoms. The Morgan fingerprint density at radius 2 is 1.79 bits per heavy atom. The summed E-state index contributed by atoms with van der Waals surface area (Å²) >= 11 is 5.75. The van der Waals surface area contributed by atoms with Gasteiger partial charge in [0, 0.05) is 76.1 Å². The van der Waals surface area contributed by atoms with Crippen molar-refractivity contribution in [1.82, 2.24) is 29.7 Å². The number of aryl methyl sites for hydroxylation is 2. The van der Waals surface area contributed by atoms with Crippen LogP contribution in [0.2, 0.25) is 0 Å². The smallest absolute Gasteiger partial charge is 0.163 e. The molecular weight excluding hydrogens is 502 g/mol. The third-order valence-corrected chi connectivity index (χ3v) is 7.49. The first-order valence-electron chi connectivity index (χ1n) is 13.2. The lowest BCUT2D eigenvalue weighted by atomic mass is 10.1. The first-order valence-corrected chi connectivity index (χ1v) is 13.6. The van der Waals surface area contributed by atoms with Gasteiger partial charge in [0.2, 0.25) is 0 Å². The SMILES string of the molecule is COc1cc2c(N3CCN(C(=S)CCc4cnc(C)cn4)CC3)ncnc2cc1OCCN1CCOCC1. The Hall–Kier alpha value is -3.15. The molecule has 0 unspecified atom stereocenters. The minimum Gasteiger partial charge on any atom is -0.493 e. The Kier molecular flexibility index (Phi) is 8.77. The van der Waals surface area contributed by atoms with Gasteiger partial charge < -0.3 is 24.0 Å². The van der Waals surface area contributed by atoms with Gasteiger partial charge in [-0.05, 0) is 19.4 Å². The molecule has 38 heavy (non-hydrogen) atoms. The fraction of sp³-hybridized carbons (Fsp3) is 0.519. The minimum absolute atomic E-state index is 0.582. The number of hydrogen-bond donors (Lipinski definition) is 0. The van der Waals surface area contributed by atoms with Gasteiger partial charge in [0.05, 0.1) is 42.2 Å². The highest BCUT2D eigenvalue weighted by Gasteiger charge is 2.22. The highest BCUT2D eigenvalue weighted by molar-refractivity contribution is 7.80. The van der Waals surface area contributed by atoms with E-state index in [1.807, 2.05) is 25.3 Å². The fourth-order valence-corrected chi connectivity index (χ4v) is 5.08. The van der Waals surface area contributed by atoms with Crippen LogP contribution in [0.1, 0.15) is 17.8 Å². The fourth-order valence-electron chi connectivity index (χ4n) is 4.79. The Balaban J connectivity index is 1.20. The third-order valence-electron chi connectivity index (χ3n) is 7.03. The van der Waals surface area contributed by atoms with E-state index in [2.05, 4.69) is 34.6 Å². The van der Waals surface area contributed by atoms with E-state index < -0.39 is 0 Å². The summed E-state index contributed by atoms with van der Waals surface area (Å²) in [6.45, 7) is 10.2. The van der Waals surface area contributed by atoms with Crippen molar-refractivity contribution in [1.29, 1.82) is 0 Å². The molecule has 10 nitrogen and oxygen atoms in total. The largest absolute Gasteiger partial charge is 0.493 e. The number of aromatic nitrogens is 4. The van der Waals surface area contributed by atoms with Gasteiger partial charge in [-0.15, -0.1) is 0 Å². The van der Waals surface area contributed by atoms with Crippen LogP contribution in [-0.2, 0) is 11.2 Å². The molecule has 2 saturated heterocycles. The standard InChI is InChI=1S/C27H35N7O3S/c1-20-17-29-21(18-28-20)3-4-26(38)33-5-7-34(8-6-33)27-22-15-24(35-2)25(16-23(22)30-19-31-27)37-14-11-32-9-12-36-13-10-32/h15-19H,3-14H2,1-2H3. The van der Waals surface area contributed by atoms with E-state index in [4.69, 9.17) is 26.4 Å². The average molecular weight is 538 g/mol. The summed E-state index contributed by atoms with van der Waals surface area (Å²) in [6.07, 6.45) is 6.87. The Bertz CT molecular complexity index is 1230. The quantitative estimate of drug-likeness (QED) is 0.377. The highest BCUT2D eigenvalue weighted by Crippen LogP contribution is 2.35. The summed E-state index contributed by atoms with van der Waals surface area (Å²) < 4.78 is 17.2. The molecule has 0 N–H and O–H groups in total. The predicted molar refractivity (Wildman–Crippen MR) is 150 cm³/mol. The lowest BCUT2D eigenvalue weighted by Gasteiger charge is -2.37. The van der Waals surface area contributed by atoms with Crippen molar-refractivity contribution in [3.63, 3.8) is 0 Å². The lowest BCUT2D eigenvalue weighted by Crippen LogP contribution is -2.48. The molecule has 0 aliphatic carbocycles. The zero-order chi connectivity index (χ0) is 26.3. The summed E-state index contributed by atoms with van der Waals surface area (Å²) in [5.74, 6) is 2.30. The van der Waals surface area contributed by atoms with Crippen LogP contribution >= 0.6 is 12.2 Å². The summed E-state index contributed by atoms with van der Waals surface area (Å²) in [4.78, 5) is 25.9. The van der Waals surface area contributed by atoms with E-state index >= 15 is 0 Å². The summed E-state index contributed by atoms with van der Waals surface area (Å²) in [7, 11) is 1.67. The molecule has 0 spiro atoms. The first-order chi connectivity index (χ1) is 18.6. The molecule has 202 valence electrons. The maximum atomic E-state index is 6.11. The molecule has 3 aromatic rings. The second-order valence-corrected chi connectivity index (χ2v) is 10.0. The number of hydrogen-bond acceptors (Lipinski definition) is 10. The van der Waals surface area contributed by atoms with E-state index in [1.165, 1.54) is 0 Å². The molecule has 0 bridgehead atoms. The molecule has 2 aliphatic rings. The zero-order valence-electron chi connectivity index (χ0n) is 22.1. The van der Waals surface area contributed by atoms with Crippen LogP contribution in [0, 0.1) is 6.92 Å². The molecule has 0 radical (unpaired) electrons. The average Bonchev–Trinajstić information content (AvgIpc) is 2.96. The van der Waals surface area contributed by atoms with Gasteiger partial charge in [-0.3, -0.25) is 14.9 Å². The van der Waals surface area contributed by atoms with Crippen molar-refractivity contribution in [3.05, 3.63) is 42.2 Å². The number of morpholine rings is 1. The van der Waals surface area contributed by atoms with Crippen LogP contribution in [0.25, 0.3) is 10.9 Å². The van der Waals surface area contributed by atoms with Crippen molar-refractivity contribution < 1.29 is 14.2 Å². The number of thiocarbonyl (C=S) groups is 1. The molecule has 0 atom stereocenters. The topological polar surface area (TPSA) is 89.0 Å². The number of ether oxygens (including phenoxy) is 3. The van der Waals surface area contributed by atoms with Crippen molar-refractivity contribution in [2.24, 2.45) is 0 Å². The lowest BCUT2D eigenvalue weighted by molar-refractivity contribution is 0.0321. The van der Waals surface area contributed by atoms with Gasteiger partial charge in [-0.25, -0.2) is 9.97 Å². The Labute approximate surface area is 228 Å². The number of anilines is 1. The van der Waals surface area contributed by atoms with Crippen LogP contribution in [0.3, 0.4) is 0 Å². The van der Waals surface area contributed by atoms with Gasteiger partial charge in [0.1, 0.15) is 18.8 Å². The van der Waals surface area contributed by atoms with Crippen LogP contribution < -0.4 is 14.4 Å². The van der Waals surface area contributed by atoms with Crippen LogP contribution in [0.5, 0.6) is 11.5 Å². The molecule has 2 aliphatic heterocycles. The van der Waals surface area contributed by atoms with E-state index in [-0.39, 0.29) is 0 Å². The number of methoxy groups -OCH3 is 1. The maximum absolute atomic E-state index is 6.11. The minimum atomic E-state index is 0.582. The Morgan fingerprint density at radius 1 is 0.974 bits per heavy atom. The second-order valence-electron chi connectivity index (χ2n) is 9.54. The number of fused-ring (bicyclic) bond motifs is 1. The molecule has 0 saturated carbocycles. The second kappa shape index (κ2) is 12.6. The first kappa shape index (κ1) is 26.5. The van der Waals surface area contributed by atoms with Crippen molar-refractivity contribution >= 4 is 33.9 Å². The number of benzene rings is 1. The van der Waals surface area contributed by atoms with E-state index in [1.54, 1.807) is 19.6 Å². The maximum Gasteiger partial charge on any atom is 0.163 e. The summed E-state index contributed by atoms with van der Waals surface area (Å²) in [5, 5.41) is 0.957. The molecule has 2 aromatic heterocycles. The summed E-state index contributed by atoms with van der Waals surface area (Å²) in [6, 6.07) is 3.95. The van der Waals surface area contributed by atoms with Gasteiger partial charge in [-0.2, -0.15) is 0 Å². The van der Waals surface area contributed by atoms with E-state index in [9.17, 15) is 0 Å². The van der Waals surface area contributed by atoms with Gasteiger partial charge in [0.15, 0.2) is 11.5 Å².